The van der Waals surface area contributed by atoms with Crippen molar-refractivity contribution in [1.29, 1.82) is 0 Å². The summed E-state index contributed by atoms with van der Waals surface area (Å²) in [5.74, 6) is 1.07. The second-order valence-electron chi connectivity index (χ2n) is 4.40. The molecule has 0 radical (unpaired) electrons. The molecule has 1 atom stereocenters. The maximum absolute atomic E-state index is 4.30. The predicted octanol–water partition coefficient (Wildman–Crippen LogP) is 1.95. The topological polar surface area (TPSA) is 34.0 Å². The molecule has 1 saturated heterocycles. The van der Waals surface area contributed by atoms with E-state index in [1.165, 1.54) is 32.2 Å². The highest BCUT2D eigenvalue weighted by atomic mass is 79.9. The molecule has 5 heteroatoms. The summed E-state index contributed by atoms with van der Waals surface area (Å²) < 4.78 is 1.87. The van der Waals surface area contributed by atoms with Crippen LogP contribution >= 0.6 is 15.9 Å². The standard InChI is InChI=1S/C11H19BrN4/c1-15-11(13-9-14-15)8-16-7-3-2-4-10(16)5-6-12/h9-10H,2-8H2,1H3. The van der Waals surface area contributed by atoms with Crippen molar-refractivity contribution >= 4 is 15.9 Å². The Morgan fingerprint density at radius 2 is 2.38 bits per heavy atom. The first-order valence-corrected chi connectivity index (χ1v) is 7.06. The van der Waals surface area contributed by atoms with E-state index < -0.39 is 0 Å². The van der Waals surface area contributed by atoms with Crippen LogP contribution in [0.3, 0.4) is 0 Å². The molecular weight excluding hydrogens is 268 g/mol. The van der Waals surface area contributed by atoms with E-state index in [0.717, 1.165) is 17.7 Å². The molecule has 16 heavy (non-hydrogen) atoms. The van der Waals surface area contributed by atoms with Gasteiger partial charge in [0, 0.05) is 18.4 Å². The molecule has 0 saturated carbocycles. The highest BCUT2D eigenvalue weighted by molar-refractivity contribution is 9.09. The molecule has 0 amide bonds. The summed E-state index contributed by atoms with van der Waals surface area (Å²) in [6.07, 6.45) is 6.88. The summed E-state index contributed by atoms with van der Waals surface area (Å²) >= 11 is 3.54. The molecule has 2 heterocycles. The van der Waals surface area contributed by atoms with Gasteiger partial charge in [-0.2, -0.15) is 5.10 Å². The van der Waals surface area contributed by atoms with Gasteiger partial charge in [0.25, 0.3) is 0 Å². The van der Waals surface area contributed by atoms with E-state index in [1.807, 2.05) is 11.7 Å². The number of aromatic nitrogens is 3. The fraction of sp³-hybridized carbons (Fsp3) is 0.818. The summed E-state index contributed by atoms with van der Waals surface area (Å²) in [6.45, 7) is 2.14. The first kappa shape index (κ1) is 12.0. The second kappa shape index (κ2) is 5.77. The van der Waals surface area contributed by atoms with Crippen LogP contribution in [0.4, 0.5) is 0 Å². The molecule has 0 bridgehead atoms. The SMILES string of the molecule is Cn1ncnc1CN1CCCCC1CCBr. The van der Waals surface area contributed by atoms with E-state index in [0.29, 0.717) is 6.04 Å². The van der Waals surface area contributed by atoms with Crippen LogP contribution in [0.5, 0.6) is 0 Å². The summed E-state index contributed by atoms with van der Waals surface area (Å²) in [6, 6.07) is 0.713. The Balaban J connectivity index is 1.98. The average molecular weight is 287 g/mol. The predicted molar refractivity (Wildman–Crippen MR) is 67.5 cm³/mol. The minimum Gasteiger partial charge on any atom is -0.293 e. The Morgan fingerprint density at radius 1 is 1.50 bits per heavy atom. The number of hydrogen-bond acceptors (Lipinski definition) is 3. The second-order valence-corrected chi connectivity index (χ2v) is 5.19. The van der Waals surface area contributed by atoms with Gasteiger partial charge in [-0.05, 0) is 25.8 Å². The van der Waals surface area contributed by atoms with Gasteiger partial charge in [-0.15, -0.1) is 0 Å². The summed E-state index contributed by atoms with van der Waals surface area (Å²) in [5, 5.41) is 5.21. The first-order chi connectivity index (χ1) is 7.81. The van der Waals surface area contributed by atoms with Gasteiger partial charge in [-0.1, -0.05) is 22.4 Å². The van der Waals surface area contributed by atoms with Gasteiger partial charge in [0.05, 0.1) is 6.54 Å². The van der Waals surface area contributed by atoms with E-state index in [1.54, 1.807) is 6.33 Å². The summed E-state index contributed by atoms with van der Waals surface area (Å²) in [7, 11) is 1.96. The van der Waals surface area contributed by atoms with E-state index >= 15 is 0 Å². The number of halogens is 1. The fourth-order valence-corrected chi connectivity index (χ4v) is 2.89. The number of likely N-dealkylation sites (tertiary alicyclic amines) is 1. The Labute approximate surface area is 105 Å². The first-order valence-electron chi connectivity index (χ1n) is 5.94. The van der Waals surface area contributed by atoms with E-state index in [9.17, 15) is 0 Å². The molecule has 1 unspecified atom stereocenters. The molecule has 0 aliphatic carbocycles. The molecule has 0 N–H and O–H groups in total. The zero-order valence-electron chi connectivity index (χ0n) is 9.77. The lowest BCUT2D eigenvalue weighted by Crippen LogP contribution is -2.39. The Kier molecular flexibility index (Phi) is 4.35. The highest BCUT2D eigenvalue weighted by Crippen LogP contribution is 2.21. The molecule has 2 rings (SSSR count). The number of piperidine rings is 1. The Bertz CT molecular complexity index is 324. The molecule has 90 valence electrons. The number of alkyl halides is 1. The summed E-state index contributed by atoms with van der Waals surface area (Å²) in [5.41, 5.74) is 0. The lowest BCUT2D eigenvalue weighted by atomic mass is 10.00. The number of nitrogens with zero attached hydrogens (tertiary/aromatic N) is 4. The van der Waals surface area contributed by atoms with Crippen LogP contribution in [0.25, 0.3) is 0 Å². The van der Waals surface area contributed by atoms with Crippen molar-refractivity contribution in [3.63, 3.8) is 0 Å². The number of hydrogen-bond donors (Lipinski definition) is 0. The molecule has 0 aromatic carbocycles. The zero-order valence-corrected chi connectivity index (χ0v) is 11.4. The fourth-order valence-electron chi connectivity index (χ4n) is 2.37. The summed E-state index contributed by atoms with van der Waals surface area (Å²) in [4.78, 5) is 6.85. The van der Waals surface area contributed by atoms with E-state index in [4.69, 9.17) is 0 Å². The molecule has 1 aromatic heterocycles. The number of rotatable bonds is 4. The lowest BCUT2D eigenvalue weighted by molar-refractivity contribution is 0.132. The van der Waals surface area contributed by atoms with Crippen molar-refractivity contribution in [3.05, 3.63) is 12.2 Å². The van der Waals surface area contributed by atoms with Crippen molar-refractivity contribution in [1.82, 2.24) is 19.7 Å². The average Bonchev–Trinajstić information content (AvgIpc) is 2.68. The largest absolute Gasteiger partial charge is 0.293 e. The van der Waals surface area contributed by atoms with Crippen LogP contribution in [0, 0.1) is 0 Å². The van der Waals surface area contributed by atoms with E-state index in [-0.39, 0.29) is 0 Å². The van der Waals surface area contributed by atoms with Crippen molar-refractivity contribution in [2.45, 2.75) is 38.3 Å². The molecule has 1 aliphatic rings. The van der Waals surface area contributed by atoms with Gasteiger partial charge in [-0.25, -0.2) is 4.98 Å². The zero-order chi connectivity index (χ0) is 11.4. The van der Waals surface area contributed by atoms with Gasteiger partial charge >= 0.3 is 0 Å². The molecule has 4 nitrogen and oxygen atoms in total. The third-order valence-corrected chi connectivity index (χ3v) is 3.80. The van der Waals surface area contributed by atoms with Gasteiger partial charge in [-0.3, -0.25) is 9.58 Å². The van der Waals surface area contributed by atoms with Gasteiger partial charge in [0.1, 0.15) is 12.2 Å². The molecule has 1 aromatic rings. The van der Waals surface area contributed by atoms with Crippen LogP contribution in [-0.2, 0) is 13.6 Å². The maximum atomic E-state index is 4.30. The maximum Gasteiger partial charge on any atom is 0.140 e. The smallest absolute Gasteiger partial charge is 0.140 e. The Morgan fingerprint density at radius 3 is 3.06 bits per heavy atom. The minimum atomic E-state index is 0.713. The highest BCUT2D eigenvalue weighted by Gasteiger charge is 2.22. The lowest BCUT2D eigenvalue weighted by Gasteiger charge is -2.35. The molecular formula is C11H19BrN4. The van der Waals surface area contributed by atoms with E-state index in [2.05, 4.69) is 30.9 Å². The van der Waals surface area contributed by atoms with Crippen molar-refractivity contribution in [3.8, 4) is 0 Å². The normalized spacial score (nSPS) is 22.5. The van der Waals surface area contributed by atoms with Crippen LogP contribution < -0.4 is 0 Å². The minimum absolute atomic E-state index is 0.713. The quantitative estimate of drug-likeness (QED) is 0.794. The third-order valence-electron chi connectivity index (χ3n) is 3.34. The molecule has 1 aliphatic heterocycles. The monoisotopic (exact) mass is 286 g/mol. The van der Waals surface area contributed by atoms with Crippen molar-refractivity contribution in [2.24, 2.45) is 7.05 Å². The van der Waals surface area contributed by atoms with Crippen LogP contribution in [0.15, 0.2) is 6.33 Å². The van der Waals surface area contributed by atoms with Crippen LogP contribution in [0.2, 0.25) is 0 Å². The van der Waals surface area contributed by atoms with Gasteiger partial charge in [0.15, 0.2) is 0 Å². The third kappa shape index (κ3) is 2.83. The number of aryl methyl sites for hydroxylation is 1. The van der Waals surface area contributed by atoms with Crippen LogP contribution in [-0.4, -0.2) is 37.6 Å². The van der Waals surface area contributed by atoms with Gasteiger partial charge in [0.2, 0.25) is 0 Å². The van der Waals surface area contributed by atoms with Crippen LogP contribution in [0.1, 0.15) is 31.5 Å². The van der Waals surface area contributed by atoms with Crippen molar-refractivity contribution < 1.29 is 0 Å². The Hall–Kier alpha value is -0.420. The van der Waals surface area contributed by atoms with Gasteiger partial charge < -0.3 is 0 Å². The molecule has 1 fully saturated rings. The van der Waals surface area contributed by atoms with Crippen molar-refractivity contribution in [2.75, 3.05) is 11.9 Å². The molecule has 0 spiro atoms.